The number of aromatic nitrogens is 4. The van der Waals surface area contributed by atoms with Crippen molar-refractivity contribution < 1.29 is 5.11 Å². The number of nitrogen functional groups attached to an aromatic ring is 1. The summed E-state index contributed by atoms with van der Waals surface area (Å²) in [5, 5.41) is 9.82. The van der Waals surface area contributed by atoms with Crippen LogP contribution in [0.25, 0.3) is 11.2 Å². The molecule has 0 aromatic carbocycles. The molecule has 0 bridgehead atoms. The molecule has 7 heteroatoms. The first-order valence-corrected chi connectivity index (χ1v) is 6.33. The third-order valence-corrected chi connectivity index (χ3v) is 3.67. The van der Waals surface area contributed by atoms with Gasteiger partial charge in [-0.25, -0.2) is 4.98 Å². The lowest BCUT2D eigenvalue weighted by molar-refractivity contribution is 0.176. The molecule has 96 valence electrons. The molecule has 1 aliphatic carbocycles. The maximum Gasteiger partial charge on any atom is 0.223 e. The Kier molecular flexibility index (Phi) is 2.83. The Balaban J connectivity index is 1.93. The number of anilines is 1. The lowest BCUT2D eigenvalue weighted by Gasteiger charge is -2.10. The molecule has 0 aliphatic heterocycles. The number of halogens is 1. The van der Waals surface area contributed by atoms with E-state index < -0.39 is 0 Å². The normalized spacial score (nSPS) is 23.9. The van der Waals surface area contributed by atoms with Gasteiger partial charge in [-0.3, -0.25) is 0 Å². The van der Waals surface area contributed by atoms with Crippen molar-refractivity contribution in [2.24, 2.45) is 5.92 Å². The highest BCUT2D eigenvalue weighted by Crippen LogP contribution is 2.28. The first-order chi connectivity index (χ1) is 8.63. The quantitative estimate of drug-likeness (QED) is 0.799. The summed E-state index contributed by atoms with van der Waals surface area (Å²) in [6.45, 7) is 0.778. The lowest BCUT2D eigenvalue weighted by Crippen LogP contribution is -2.09. The third kappa shape index (κ3) is 2.02. The van der Waals surface area contributed by atoms with Gasteiger partial charge in [-0.05, 0) is 25.2 Å². The van der Waals surface area contributed by atoms with Crippen LogP contribution in [-0.4, -0.2) is 30.7 Å². The second-order valence-electron chi connectivity index (χ2n) is 4.77. The van der Waals surface area contributed by atoms with E-state index in [1.54, 1.807) is 6.33 Å². The van der Waals surface area contributed by atoms with Crippen LogP contribution in [0.2, 0.25) is 5.15 Å². The maximum absolute atomic E-state index is 9.54. The number of rotatable bonds is 2. The Hall–Kier alpha value is -1.40. The third-order valence-electron chi connectivity index (χ3n) is 3.41. The van der Waals surface area contributed by atoms with Gasteiger partial charge in [-0.1, -0.05) is 11.6 Å². The van der Waals surface area contributed by atoms with Gasteiger partial charge in [0.2, 0.25) is 5.95 Å². The van der Waals surface area contributed by atoms with Crippen LogP contribution in [0.1, 0.15) is 19.3 Å². The summed E-state index contributed by atoms with van der Waals surface area (Å²) in [5.74, 6) is 0.605. The van der Waals surface area contributed by atoms with Crippen molar-refractivity contribution in [1.29, 1.82) is 0 Å². The minimum Gasteiger partial charge on any atom is -0.393 e. The summed E-state index contributed by atoms with van der Waals surface area (Å²) in [6.07, 6.45) is 4.25. The number of hydrogen-bond acceptors (Lipinski definition) is 5. The number of imidazole rings is 1. The number of hydrogen-bond donors (Lipinski definition) is 2. The van der Waals surface area contributed by atoms with E-state index in [9.17, 15) is 5.11 Å². The second kappa shape index (κ2) is 4.37. The van der Waals surface area contributed by atoms with E-state index in [1.807, 2.05) is 4.57 Å². The average Bonchev–Trinajstić information content (AvgIpc) is 2.87. The van der Waals surface area contributed by atoms with Crippen LogP contribution in [0.15, 0.2) is 6.33 Å². The summed E-state index contributed by atoms with van der Waals surface area (Å²) in [4.78, 5) is 12.3. The van der Waals surface area contributed by atoms with Crippen molar-refractivity contribution in [2.75, 3.05) is 5.73 Å². The van der Waals surface area contributed by atoms with Crippen LogP contribution in [-0.2, 0) is 6.54 Å². The molecule has 0 spiro atoms. The largest absolute Gasteiger partial charge is 0.393 e. The molecule has 3 N–H and O–H groups in total. The second-order valence-corrected chi connectivity index (χ2v) is 5.13. The minimum absolute atomic E-state index is 0.153. The molecule has 1 saturated carbocycles. The predicted molar refractivity (Wildman–Crippen MR) is 68.1 cm³/mol. The topological polar surface area (TPSA) is 89.8 Å². The molecule has 2 aromatic rings. The number of fused-ring (bicyclic) bond motifs is 1. The van der Waals surface area contributed by atoms with Crippen molar-refractivity contribution in [1.82, 2.24) is 19.5 Å². The molecule has 2 aromatic heterocycles. The lowest BCUT2D eigenvalue weighted by atomic mass is 10.1. The van der Waals surface area contributed by atoms with Crippen LogP contribution in [0, 0.1) is 5.92 Å². The summed E-state index contributed by atoms with van der Waals surface area (Å²) < 4.78 is 1.93. The van der Waals surface area contributed by atoms with Crippen LogP contribution in [0.3, 0.4) is 0 Å². The standard InChI is InChI=1S/C11H14ClN5O/c12-9-8-10(16-11(13)15-9)17(5-14-8)4-6-1-2-7(18)3-6/h5-7,18H,1-4H2,(H2,13,15,16)/t6-,7-/m1/s1. The summed E-state index contributed by atoms with van der Waals surface area (Å²) in [7, 11) is 0. The van der Waals surface area contributed by atoms with Crippen LogP contribution in [0.5, 0.6) is 0 Å². The SMILES string of the molecule is Nc1nc(Cl)c2ncn(C[C@@H]3CC[C@@H](O)C3)c2n1. The average molecular weight is 268 g/mol. The van der Waals surface area contributed by atoms with Gasteiger partial charge >= 0.3 is 0 Å². The van der Waals surface area contributed by atoms with Crippen molar-refractivity contribution in [3.05, 3.63) is 11.5 Å². The first-order valence-electron chi connectivity index (χ1n) is 5.95. The highest BCUT2D eigenvalue weighted by atomic mass is 35.5. The number of nitrogens with zero attached hydrogens (tertiary/aromatic N) is 4. The van der Waals surface area contributed by atoms with Gasteiger partial charge in [0, 0.05) is 6.54 Å². The van der Waals surface area contributed by atoms with Crippen LogP contribution >= 0.6 is 11.6 Å². The summed E-state index contributed by atoms with van der Waals surface area (Å²) in [6, 6.07) is 0. The maximum atomic E-state index is 9.54. The molecule has 3 rings (SSSR count). The molecular weight excluding hydrogens is 254 g/mol. The fraction of sp³-hybridized carbons (Fsp3) is 0.545. The molecule has 0 saturated heterocycles. The summed E-state index contributed by atoms with van der Waals surface area (Å²) >= 11 is 5.97. The first kappa shape index (κ1) is 11.7. The van der Waals surface area contributed by atoms with E-state index in [2.05, 4.69) is 15.0 Å². The van der Waals surface area contributed by atoms with Crippen molar-refractivity contribution in [3.63, 3.8) is 0 Å². The number of aliphatic hydroxyl groups excluding tert-OH is 1. The van der Waals surface area contributed by atoms with Crippen molar-refractivity contribution >= 4 is 28.7 Å². The molecule has 0 unspecified atom stereocenters. The van der Waals surface area contributed by atoms with Gasteiger partial charge in [0.15, 0.2) is 10.8 Å². The van der Waals surface area contributed by atoms with Gasteiger partial charge in [-0.15, -0.1) is 0 Å². The number of aliphatic hydroxyl groups is 1. The van der Waals surface area contributed by atoms with E-state index in [4.69, 9.17) is 17.3 Å². The Bertz CT molecular complexity index is 584. The van der Waals surface area contributed by atoms with Gasteiger partial charge in [-0.2, -0.15) is 9.97 Å². The highest BCUT2D eigenvalue weighted by Gasteiger charge is 2.24. The van der Waals surface area contributed by atoms with E-state index in [-0.39, 0.29) is 17.2 Å². The monoisotopic (exact) mass is 267 g/mol. The molecule has 0 radical (unpaired) electrons. The van der Waals surface area contributed by atoms with Gasteiger partial charge in [0.1, 0.15) is 5.52 Å². The molecule has 1 aliphatic rings. The van der Waals surface area contributed by atoms with Crippen LogP contribution in [0.4, 0.5) is 5.95 Å². The van der Waals surface area contributed by atoms with E-state index in [1.165, 1.54) is 0 Å². The van der Waals surface area contributed by atoms with Crippen LogP contribution < -0.4 is 5.73 Å². The molecule has 2 atom stereocenters. The van der Waals surface area contributed by atoms with Gasteiger partial charge in [0.25, 0.3) is 0 Å². The predicted octanol–water partition coefficient (Wildman–Crippen LogP) is 1.22. The summed E-state index contributed by atoms with van der Waals surface area (Å²) in [5.41, 5.74) is 6.83. The zero-order chi connectivity index (χ0) is 12.7. The molecule has 2 heterocycles. The van der Waals surface area contributed by atoms with E-state index in [0.29, 0.717) is 17.1 Å². The molecule has 6 nitrogen and oxygen atoms in total. The Morgan fingerprint density at radius 3 is 3.00 bits per heavy atom. The fourth-order valence-corrected chi connectivity index (χ4v) is 2.77. The molecule has 1 fully saturated rings. The van der Waals surface area contributed by atoms with Crippen molar-refractivity contribution in [2.45, 2.75) is 31.9 Å². The van der Waals surface area contributed by atoms with E-state index >= 15 is 0 Å². The zero-order valence-electron chi connectivity index (χ0n) is 9.75. The van der Waals surface area contributed by atoms with Gasteiger partial charge < -0.3 is 15.4 Å². The highest BCUT2D eigenvalue weighted by molar-refractivity contribution is 6.33. The minimum atomic E-state index is -0.173. The fourth-order valence-electron chi connectivity index (χ4n) is 2.55. The smallest absolute Gasteiger partial charge is 0.223 e. The van der Waals surface area contributed by atoms with E-state index in [0.717, 1.165) is 25.8 Å². The number of nitrogens with two attached hydrogens (primary N) is 1. The van der Waals surface area contributed by atoms with Gasteiger partial charge in [0.05, 0.1) is 12.4 Å². The molecular formula is C11H14ClN5O. The molecule has 0 amide bonds. The Morgan fingerprint density at radius 2 is 2.28 bits per heavy atom. The zero-order valence-corrected chi connectivity index (χ0v) is 10.5. The Morgan fingerprint density at radius 1 is 1.44 bits per heavy atom. The Labute approximate surface area is 109 Å². The molecule has 18 heavy (non-hydrogen) atoms. The van der Waals surface area contributed by atoms with Crippen molar-refractivity contribution in [3.8, 4) is 0 Å².